The molecule has 25 heavy (non-hydrogen) atoms. The van der Waals surface area contributed by atoms with E-state index in [1.807, 2.05) is 6.20 Å². The summed E-state index contributed by atoms with van der Waals surface area (Å²) in [6.07, 6.45) is 4.09. The third-order valence-electron chi connectivity index (χ3n) is 5.08. The number of benzene rings is 1. The van der Waals surface area contributed by atoms with Crippen molar-refractivity contribution in [2.75, 3.05) is 19.8 Å². The predicted molar refractivity (Wildman–Crippen MR) is 104 cm³/mol. The van der Waals surface area contributed by atoms with Gasteiger partial charge >= 0.3 is 0 Å². The van der Waals surface area contributed by atoms with Crippen LogP contribution in [-0.4, -0.2) is 30.0 Å². The zero-order chi connectivity index (χ0) is 17.0. The average molecular weight is 364 g/mol. The lowest BCUT2D eigenvalue weighted by atomic mass is 9.74. The molecule has 3 rings (SSSR count). The Morgan fingerprint density at radius 3 is 2.48 bits per heavy atom. The quantitative estimate of drug-likeness (QED) is 0.845. The molecule has 1 aromatic heterocycles. The highest BCUT2D eigenvalue weighted by Gasteiger charge is 2.34. The number of hydrogen-bond acceptors (Lipinski definition) is 3. The summed E-state index contributed by atoms with van der Waals surface area (Å²) in [6, 6.07) is 10.9. The number of hydrogen-bond donors (Lipinski definition) is 2. The first-order valence-electron chi connectivity index (χ1n) is 8.88. The lowest BCUT2D eigenvalue weighted by molar-refractivity contribution is 0.0497. The molecule has 4 nitrogen and oxygen atoms in total. The highest BCUT2D eigenvalue weighted by Crippen LogP contribution is 2.34. The summed E-state index contributed by atoms with van der Waals surface area (Å²) in [7, 11) is 0. The van der Waals surface area contributed by atoms with Gasteiger partial charge in [0.2, 0.25) is 0 Å². The zero-order valence-corrected chi connectivity index (χ0v) is 16.3. The van der Waals surface area contributed by atoms with Crippen LogP contribution in [0.3, 0.4) is 0 Å². The molecule has 138 valence electrons. The third kappa shape index (κ3) is 4.63. The van der Waals surface area contributed by atoms with Gasteiger partial charge in [0.25, 0.3) is 0 Å². The van der Waals surface area contributed by atoms with Crippen LogP contribution in [0.5, 0.6) is 0 Å². The number of rotatable bonds is 5. The number of aromatic nitrogens is 2. The van der Waals surface area contributed by atoms with Gasteiger partial charge in [0.05, 0.1) is 6.20 Å². The minimum absolute atomic E-state index is 0. The number of aromatic amines is 1. The Bertz CT molecular complexity index is 642. The van der Waals surface area contributed by atoms with Crippen molar-refractivity contribution in [1.82, 2.24) is 15.5 Å². The molecule has 0 amide bonds. The van der Waals surface area contributed by atoms with Gasteiger partial charge in [0.1, 0.15) is 0 Å². The normalized spacial score (nSPS) is 17.1. The number of nitrogens with zero attached hydrogens (tertiary/aromatic N) is 1. The number of ether oxygens (including phenoxy) is 1. The summed E-state index contributed by atoms with van der Waals surface area (Å²) < 4.78 is 5.62. The van der Waals surface area contributed by atoms with Crippen LogP contribution < -0.4 is 5.32 Å². The second-order valence-electron chi connectivity index (χ2n) is 7.88. The van der Waals surface area contributed by atoms with Crippen LogP contribution in [0.1, 0.15) is 50.4 Å². The Kier molecular flexibility index (Phi) is 6.66. The number of halogens is 1. The molecule has 0 saturated carbocycles. The summed E-state index contributed by atoms with van der Waals surface area (Å²) >= 11 is 0. The SMILES string of the molecule is CC(C)(C)c1[nH]ncc1CNCC1(c2ccccc2)CCOCC1.Cl. The first-order valence-corrected chi connectivity index (χ1v) is 8.88. The molecule has 1 fully saturated rings. The van der Waals surface area contributed by atoms with Crippen molar-refractivity contribution < 1.29 is 4.74 Å². The van der Waals surface area contributed by atoms with Gasteiger partial charge < -0.3 is 10.1 Å². The molecule has 0 spiro atoms. The average Bonchev–Trinajstić information content (AvgIpc) is 3.05. The van der Waals surface area contributed by atoms with Crippen LogP contribution in [0.15, 0.2) is 36.5 Å². The molecular weight excluding hydrogens is 334 g/mol. The van der Waals surface area contributed by atoms with Crippen LogP contribution in [0.25, 0.3) is 0 Å². The zero-order valence-electron chi connectivity index (χ0n) is 15.5. The summed E-state index contributed by atoms with van der Waals surface area (Å²) in [6.45, 7) is 10.1. The molecule has 2 N–H and O–H groups in total. The summed E-state index contributed by atoms with van der Waals surface area (Å²) in [5.41, 5.74) is 4.16. The Hall–Kier alpha value is -1.36. The van der Waals surface area contributed by atoms with Gasteiger partial charge in [-0.05, 0) is 18.4 Å². The number of nitrogens with one attached hydrogen (secondary N) is 2. The summed E-state index contributed by atoms with van der Waals surface area (Å²) in [4.78, 5) is 0. The molecule has 0 aliphatic carbocycles. The van der Waals surface area contributed by atoms with Crippen molar-refractivity contribution in [3.8, 4) is 0 Å². The van der Waals surface area contributed by atoms with Crippen molar-refractivity contribution >= 4 is 12.4 Å². The smallest absolute Gasteiger partial charge is 0.0535 e. The van der Waals surface area contributed by atoms with E-state index in [9.17, 15) is 0 Å². The second kappa shape index (κ2) is 8.35. The molecular formula is C20H30ClN3O. The van der Waals surface area contributed by atoms with Gasteiger partial charge in [-0.25, -0.2) is 0 Å². The molecule has 1 aliphatic rings. The molecule has 0 unspecified atom stereocenters. The summed E-state index contributed by atoms with van der Waals surface area (Å²) in [5.74, 6) is 0. The van der Waals surface area contributed by atoms with Crippen molar-refractivity contribution in [2.24, 2.45) is 0 Å². The van der Waals surface area contributed by atoms with Crippen LogP contribution in [-0.2, 0) is 22.1 Å². The Balaban J connectivity index is 0.00000225. The van der Waals surface area contributed by atoms with Gasteiger partial charge in [0, 0.05) is 48.4 Å². The van der Waals surface area contributed by atoms with Crippen molar-refractivity contribution in [3.05, 3.63) is 53.3 Å². The second-order valence-corrected chi connectivity index (χ2v) is 7.88. The lowest BCUT2D eigenvalue weighted by Gasteiger charge is -2.38. The van der Waals surface area contributed by atoms with Gasteiger partial charge in [0.15, 0.2) is 0 Å². The first kappa shape index (κ1) is 20.0. The third-order valence-corrected chi connectivity index (χ3v) is 5.08. The van der Waals surface area contributed by atoms with E-state index in [1.54, 1.807) is 0 Å². The Labute approximate surface area is 157 Å². The van der Waals surface area contributed by atoms with Gasteiger partial charge in [-0.15, -0.1) is 12.4 Å². The molecule has 0 atom stereocenters. The molecule has 1 saturated heterocycles. The molecule has 2 heterocycles. The van der Waals surface area contributed by atoms with E-state index in [0.29, 0.717) is 0 Å². The Morgan fingerprint density at radius 2 is 1.84 bits per heavy atom. The monoisotopic (exact) mass is 363 g/mol. The Morgan fingerprint density at radius 1 is 1.16 bits per heavy atom. The molecule has 5 heteroatoms. The van der Waals surface area contributed by atoms with E-state index in [1.165, 1.54) is 16.8 Å². The van der Waals surface area contributed by atoms with E-state index >= 15 is 0 Å². The standard InChI is InChI=1S/C20H29N3O.ClH/c1-19(2,3)18-16(14-22-23-18)13-21-15-20(9-11-24-12-10-20)17-7-5-4-6-8-17;/h4-8,14,21H,9-13,15H2,1-3H3,(H,22,23);1H. The highest BCUT2D eigenvalue weighted by molar-refractivity contribution is 5.85. The maximum absolute atomic E-state index is 5.62. The lowest BCUT2D eigenvalue weighted by Crippen LogP contribution is -2.42. The minimum atomic E-state index is 0. The topological polar surface area (TPSA) is 49.9 Å². The fourth-order valence-electron chi connectivity index (χ4n) is 3.65. The van der Waals surface area contributed by atoms with E-state index in [-0.39, 0.29) is 23.2 Å². The van der Waals surface area contributed by atoms with Gasteiger partial charge in [-0.3, -0.25) is 5.10 Å². The van der Waals surface area contributed by atoms with Crippen molar-refractivity contribution in [1.29, 1.82) is 0 Å². The fourth-order valence-corrected chi connectivity index (χ4v) is 3.65. The molecule has 1 aliphatic heterocycles. The van der Waals surface area contributed by atoms with Crippen LogP contribution >= 0.6 is 12.4 Å². The van der Waals surface area contributed by atoms with E-state index in [4.69, 9.17) is 4.74 Å². The van der Waals surface area contributed by atoms with Crippen molar-refractivity contribution in [2.45, 2.75) is 51.0 Å². The van der Waals surface area contributed by atoms with E-state index in [0.717, 1.165) is 39.1 Å². The van der Waals surface area contributed by atoms with Crippen LogP contribution in [0.2, 0.25) is 0 Å². The van der Waals surface area contributed by atoms with Gasteiger partial charge in [-0.2, -0.15) is 5.10 Å². The fraction of sp³-hybridized carbons (Fsp3) is 0.550. The largest absolute Gasteiger partial charge is 0.381 e. The van der Waals surface area contributed by atoms with Crippen molar-refractivity contribution in [3.63, 3.8) is 0 Å². The molecule has 2 aromatic rings. The number of H-pyrrole nitrogens is 1. The van der Waals surface area contributed by atoms with Crippen LogP contribution in [0, 0.1) is 0 Å². The van der Waals surface area contributed by atoms with Crippen LogP contribution in [0.4, 0.5) is 0 Å². The first-order chi connectivity index (χ1) is 11.5. The molecule has 1 aromatic carbocycles. The maximum atomic E-state index is 5.62. The molecule has 0 radical (unpaired) electrons. The maximum Gasteiger partial charge on any atom is 0.0535 e. The molecule has 0 bridgehead atoms. The highest BCUT2D eigenvalue weighted by atomic mass is 35.5. The minimum Gasteiger partial charge on any atom is -0.381 e. The van der Waals surface area contributed by atoms with E-state index < -0.39 is 0 Å². The van der Waals surface area contributed by atoms with E-state index in [2.05, 4.69) is 66.6 Å². The predicted octanol–water partition coefficient (Wildman–Crippen LogP) is 3.97. The van der Waals surface area contributed by atoms with Gasteiger partial charge in [-0.1, -0.05) is 51.1 Å². The summed E-state index contributed by atoms with van der Waals surface area (Å²) in [5, 5.41) is 11.1.